The van der Waals surface area contributed by atoms with E-state index in [2.05, 4.69) is 0 Å². The van der Waals surface area contributed by atoms with Gasteiger partial charge in [0, 0.05) is 19.3 Å². The number of esters is 1. The number of hydrogen-bond acceptors (Lipinski definition) is 8. The Kier molecular flexibility index (Phi) is 9.70. The third-order valence-electron chi connectivity index (χ3n) is 3.78. The lowest BCUT2D eigenvalue weighted by Gasteiger charge is -2.17. The van der Waals surface area contributed by atoms with Crippen LogP contribution in [0.3, 0.4) is 0 Å². The van der Waals surface area contributed by atoms with E-state index in [1.54, 1.807) is 20.8 Å². The van der Waals surface area contributed by atoms with Crippen LogP contribution in [-0.2, 0) is 19.1 Å². The van der Waals surface area contributed by atoms with Gasteiger partial charge in [-0.25, -0.2) is 4.79 Å². The molecule has 8 nitrogen and oxygen atoms in total. The smallest absolute Gasteiger partial charge is 0.338 e. The third kappa shape index (κ3) is 7.02. The molecular formula is C20H26O8. The Morgan fingerprint density at radius 3 is 1.46 bits per heavy atom. The van der Waals surface area contributed by atoms with Crippen molar-refractivity contribution in [3.05, 3.63) is 17.7 Å². The minimum absolute atomic E-state index is 0.0438. The van der Waals surface area contributed by atoms with Crippen LogP contribution in [0.5, 0.6) is 17.2 Å². The van der Waals surface area contributed by atoms with Gasteiger partial charge in [0.25, 0.3) is 0 Å². The van der Waals surface area contributed by atoms with Gasteiger partial charge in [-0.3, -0.25) is 14.4 Å². The van der Waals surface area contributed by atoms with Gasteiger partial charge >= 0.3 is 5.97 Å². The molecule has 0 spiro atoms. The molecule has 0 aromatic heterocycles. The van der Waals surface area contributed by atoms with Crippen molar-refractivity contribution in [2.45, 2.75) is 40.0 Å². The summed E-state index contributed by atoms with van der Waals surface area (Å²) in [6, 6.07) is 2.68. The summed E-state index contributed by atoms with van der Waals surface area (Å²) in [6.07, 6.45) is 0.820. The fourth-order valence-corrected chi connectivity index (χ4v) is 1.94. The lowest BCUT2D eigenvalue weighted by molar-refractivity contribution is -0.122. The molecule has 0 aliphatic carbocycles. The van der Waals surface area contributed by atoms with Gasteiger partial charge in [-0.05, 0) is 12.1 Å². The van der Waals surface area contributed by atoms with Crippen LogP contribution < -0.4 is 14.2 Å². The molecule has 0 aliphatic rings. The van der Waals surface area contributed by atoms with Crippen LogP contribution >= 0.6 is 0 Å². The van der Waals surface area contributed by atoms with Crippen molar-refractivity contribution in [1.29, 1.82) is 0 Å². The van der Waals surface area contributed by atoms with Crippen LogP contribution in [0.2, 0.25) is 0 Å². The second-order valence-electron chi connectivity index (χ2n) is 5.84. The van der Waals surface area contributed by atoms with E-state index < -0.39 is 5.97 Å². The molecule has 1 aromatic carbocycles. The first-order valence-corrected chi connectivity index (χ1v) is 9.05. The summed E-state index contributed by atoms with van der Waals surface area (Å²) in [5.74, 6) is -1.01. The molecule has 0 radical (unpaired) electrons. The standard InChI is InChI=1S/C20H26O8/c1-5-14(21)10-26-17-8-13(20(24)25-4)9-18(27-11-15(22)6-2)19(17)28-12-16(23)7-3/h8-9H,5-7,10-12H2,1-4H3. The van der Waals surface area contributed by atoms with Crippen LogP contribution in [0.4, 0.5) is 0 Å². The SMILES string of the molecule is CCC(=O)COc1cc(C(=O)OC)cc(OCC(=O)CC)c1OCC(=O)CC. The lowest BCUT2D eigenvalue weighted by Crippen LogP contribution is -2.16. The minimum Gasteiger partial charge on any atom is -0.482 e. The van der Waals surface area contributed by atoms with Gasteiger partial charge in [0.2, 0.25) is 5.75 Å². The highest BCUT2D eigenvalue weighted by Crippen LogP contribution is 2.39. The summed E-state index contributed by atoms with van der Waals surface area (Å²) in [5.41, 5.74) is 0.0922. The van der Waals surface area contributed by atoms with Crippen molar-refractivity contribution in [3.63, 3.8) is 0 Å². The number of carbonyl (C=O) groups is 4. The summed E-state index contributed by atoms with van der Waals surface area (Å²) in [6.45, 7) is 4.35. The number of benzene rings is 1. The van der Waals surface area contributed by atoms with Crippen molar-refractivity contribution in [1.82, 2.24) is 0 Å². The maximum absolute atomic E-state index is 12.0. The highest BCUT2D eigenvalue weighted by molar-refractivity contribution is 5.91. The Balaban J connectivity index is 3.33. The average molecular weight is 394 g/mol. The molecule has 0 amide bonds. The van der Waals surface area contributed by atoms with Crippen molar-refractivity contribution >= 4 is 23.3 Å². The maximum Gasteiger partial charge on any atom is 0.338 e. The van der Waals surface area contributed by atoms with Crippen molar-refractivity contribution in [3.8, 4) is 17.2 Å². The zero-order valence-corrected chi connectivity index (χ0v) is 16.7. The molecule has 0 saturated heterocycles. The van der Waals surface area contributed by atoms with Crippen LogP contribution in [0, 0.1) is 0 Å². The largest absolute Gasteiger partial charge is 0.482 e. The summed E-state index contributed by atoms with van der Waals surface area (Å²) in [4.78, 5) is 46.9. The number of hydrogen-bond donors (Lipinski definition) is 0. The first kappa shape index (κ1) is 23.1. The van der Waals surface area contributed by atoms with Crippen molar-refractivity contribution < 1.29 is 38.1 Å². The van der Waals surface area contributed by atoms with Crippen molar-refractivity contribution in [2.75, 3.05) is 26.9 Å². The Hall–Kier alpha value is -2.90. The summed E-state index contributed by atoms with van der Waals surface area (Å²) < 4.78 is 21.3. The third-order valence-corrected chi connectivity index (χ3v) is 3.78. The lowest BCUT2D eigenvalue weighted by atomic mass is 10.1. The molecule has 0 fully saturated rings. The zero-order chi connectivity index (χ0) is 21.1. The molecule has 1 rings (SSSR count). The van der Waals surface area contributed by atoms with E-state index in [4.69, 9.17) is 18.9 Å². The molecule has 0 saturated carbocycles. The zero-order valence-electron chi connectivity index (χ0n) is 16.7. The molecule has 0 aliphatic heterocycles. The second kappa shape index (κ2) is 11.7. The van der Waals surface area contributed by atoms with Crippen molar-refractivity contribution in [2.24, 2.45) is 0 Å². The molecule has 0 atom stereocenters. The van der Waals surface area contributed by atoms with Gasteiger partial charge in [0.15, 0.2) is 28.8 Å². The highest BCUT2D eigenvalue weighted by atomic mass is 16.5. The molecule has 8 heteroatoms. The summed E-state index contributed by atoms with van der Waals surface area (Å²) in [7, 11) is 1.22. The summed E-state index contributed by atoms with van der Waals surface area (Å²) in [5, 5.41) is 0. The van der Waals surface area contributed by atoms with Crippen LogP contribution in [0.1, 0.15) is 50.4 Å². The second-order valence-corrected chi connectivity index (χ2v) is 5.84. The van der Waals surface area contributed by atoms with Crippen LogP contribution in [-0.4, -0.2) is 50.2 Å². The van der Waals surface area contributed by atoms with Crippen LogP contribution in [0.25, 0.3) is 0 Å². The molecule has 0 bridgehead atoms. The molecule has 28 heavy (non-hydrogen) atoms. The Morgan fingerprint density at radius 1 is 0.714 bits per heavy atom. The minimum atomic E-state index is -0.658. The van der Waals surface area contributed by atoms with E-state index in [-0.39, 0.29) is 79.2 Å². The fourth-order valence-electron chi connectivity index (χ4n) is 1.94. The first-order chi connectivity index (χ1) is 13.4. The predicted octanol–water partition coefficient (Wildman–Crippen LogP) is 2.55. The number of ether oxygens (including phenoxy) is 4. The topological polar surface area (TPSA) is 105 Å². The van der Waals surface area contributed by atoms with E-state index in [9.17, 15) is 19.2 Å². The average Bonchev–Trinajstić information content (AvgIpc) is 2.73. The molecule has 0 heterocycles. The molecule has 0 N–H and O–H groups in total. The molecule has 0 unspecified atom stereocenters. The van der Waals surface area contributed by atoms with Gasteiger partial charge in [-0.15, -0.1) is 0 Å². The highest BCUT2D eigenvalue weighted by Gasteiger charge is 2.21. The number of ketones is 3. The Labute approximate surface area is 164 Å². The fraction of sp³-hybridized carbons (Fsp3) is 0.500. The predicted molar refractivity (Wildman–Crippen MR) is 100 cm³/mol. The Morgan fingerprint density at radius 2 is 1.11 bits per heavy atom. The number of carbonyl (C=O) groups excluding carboxylic acids is 4. The molecular weight excluding hydrogens is 368 g/mol. The Bertz CT molecular complexity index is 682. The number of Topliss-reactive ketones (excluding diaryl/α,β-unsaturated/α-hetero) is 3. The molecule has 154 valence electrons. The number of rotatable bonds is 13. The van der Waals surface area contributed by atoms with Gasteiger partial charge in [0.1, 0.15) is 19.8 Å². The van der Waals surface area contributed by atoms with Gasteiger partial charge in [0.05, 0.1) is 12.7 Å². The van der Waals surface area contributed by atoms with E-state index in [1.807, 2.05) is 0 Å². The van der Waals surface area contributed by atoms with Gasteiger partial charge in [-0.1, -0.05) is 20.8 Å². The van der Waals surface area contributed by atoms with Crippen LogP contribution in [0.15, 0.2) is 12.1 Å². The monoisotopic (exact) mass is 394 g/mol. The maximum atomic E-state index is 12.0. The number of methoxy groups -OCH3 is 1. The normalized spacial score (nSPS) is 10.1. The molecule has 1 aromatic rings. The van der Waals surface area contributed by atoms with E-state index in [1.165, 1.54) is 19.2 Å². The summed E-state index contributed by atoms with van der Waals surface area (Å²) >= 11 is 0. The quantitative estimate of drug-likeness (QED) is 0.470. The van der Waals surface area contributed by atoms with Gasteiger partial charge < -0.3 is 18.9 Å². The van der Waals surface area contributed by atoms with E-state index in [0.717, 1.165) is 0 Å². The van der Waals surface area contributed by atoms with E-state index >= 15 is 0 Å². The first-order valence-electron chi connectivity index (χ1n) is 9.05. The van der Waals surface area contributed by atoms with Gasteiger partial charge in [-0.2, -0.15) is 0 Å². The van der Waals surface area contributed by atoms with E-state index in [0.29, 0.717) is 0 Å².